The van der Waals surface area contributed by atoms with Crippen LogP contribution in [0.25, 0.3) is 0 Å². The minimum atomic E-state index is 0.0940. The van der Waals surface area contributed by atoms with Crippen molar-refractivity contribution in [1.29, 1.82) is 0 Å². The highest BCUT2D eigenvalue weighted by Gasteiger charge is 2.29. The van der Waals surface area contributed by atoms with Crippen LogP contribution in [-0.4, -0.2) is 38.2 Å². The van der Waals surface area contributed by atoms with Crippen LogP contribution in [0, 0.1) is 0 Å². The Labute approximate surface area is 137 Å². The number of fused-ring (bicyclic) bond motifs is 1. The molecule has 0 aliphatic carbocycles. The molecular formula is C18H25N3O2. The summed E-state index contributed by atoms with van der Waals surface area (Å²) in [5.41, 5.74) is 3.45. The van der Waals surface area contributed by atoms with E-state index in [4.69, 9.17) is 4.74 Å². The van der Waals surface area contributed by atoms with Gasteiger partial charge in [0.2, 0.25) is 5.91 Å². The summed E-state index contributed by atoms with van der Waals surface area (Å²) in [6.07, 6.45) is 5.10. The van der Waals surface area contributed by atoms with Crippen LogP contribution in [0.3, 0.4) is 0 Å². The molecule has 5 nitrogen and oxygen atoms in total. The van der Waals surface area contributed by atoms with Gasteiger partial charge >= 0.3 is 0 Å². The minimum Gasteiger partial charge on any atom is -0.488 e. The van der Waals surface area contributed by atoms with Crippen LogP contribution in [0.4, 0.5) is 5.69 Å². The third-order valence-electron chi connectivity index (χ3n) is 5.27. The number of amides is 1. The lowest BCUT2D eigenvalue weighted by molar-refractivity contribution is -0.115. The Morgan fingerprint density at radius 1 is 0.957 bits per heavy atom. The largest absolute Gasteiger partial charge is 0.488 e. The number of piperidine rings is 2. The number of benzene rings is 1. The van der Waals surface area contributed by atoms with Gasteiger partial charge in [-0.3, -0.25) is 4.79 Å². The smallest absolute Gasteiger partial charge is 0.228 e. The van der Waals surface area contributed by atoms with E-state index in [2.05, 4.69) is 28.1 Å². The van der Waals surface area contributed by atoms with E-state index >= 15 is 0 Å². The highest BCUT2D eigenvalue weighted by atomic mass is 16.5. The Kier molecular flexibility index (Phi) is 4.23. The number of nitrogens with one attached hydrogen (secondary N) is 3. The van der Waals surface area contributed by atoms with Crippen molar-refractivity contribution in [3.05, 3.63) is 23.3 Å². The molecular weight excluding hydrogens is 290 g/mol. The van der Waals surface area contributed by atoms with Gasteiger partial charge in [0.05, 0.1) is 12.1 Å². The Hall–Kier alpha value is -1.59. The van der Waals surface area contributed by atoms with Crippen molar-refractivity contribution in [3.63, 3.8) is 0 Å². The highest BCUT2D eigenvalue weighted by molar-refractivity contribution is 6.01. The van der Waals surface area contributed by atoms with Gasteiger partial charge in [-0.25, -0.2) is 0 Å². The zero-order chi connectivity index (χ0) is 15.6. The number of carbonyl (C=O) groups excluding carboxylic acids is 1. The zero-order valence-electron chi connectivity index (χ0n) is 13.5. The van der Waals surface area contributed by atoms with Crippen LogP contribution in [0.5, 0.6) is 5.75 Å². The average Bonchev–Trinajstić information content (AvgIpc) is 2.99. The van der Waals surface area contributed by atoms with E-state index in [1.807, 2.05) is 0 Å². The van der Waals surface area contributed by atoms with Crippen LogP contribution >= 0.6 is 0 Å². The predicted octanol–water partition coefficient (Wildman–Crippen LogP) is 1.78. The molecule has 0 atom stereocenters. The summed E-state index contributed by atoms with van der Waals surface area (Å²) < 4.78 is 6.22. The number of hydrogen-bond acceptors (Lipinski definition) is 4. The van der Waals surface area contributed by atoms with Gasteiger partial charge in [-0.1, -0.05) is 6.07 Å². The van der Waals surface area contributed by atoms with Gasteiger partial charge < -0.3 is 20.7 Å². The van der Waals surface area contributed by atoms with E-state index in [9.17, 15) is 4.79 Å². The average molecular weight is 315 g/mol. The molecule has 0 radical (unpaired) electrons. The van der Waals surface area contributed by atoms with Gasteiger partial charge in [-0.15, -0.1) is 0 Å². The lowest BCUT2D eigenvalue weighted by atomic mass is 9.86. The summed E-state index contributed by atoms with van der Waals surface area (Å²) in [4.78, 5) is 12.0. The van der Waals surface area contributed by atoms with Crippen molar-refractivity contribution in [2.75, 3.05) is 31.5 Å². The SMILES string of the molecule is O=C1Cc2c(C3CCNCC3)ccc(OC3CCNCC3)c2N1. The lowest BCUT2D eigenvalue weighted by Crippen LogP contribution is -2.34. The molecule has 2 saturated heterocycles. The molecule has 124 valence electrons. The van der Waals surface area contributed by atoms with Crippen molar-refractivity contribution >= 4 is 11.6 Å². The number of anilines is 1. The molecule has 3 heterocycles. The van der Waals surface area contributed by atoms with Gasteiger partial charge in [0.25, 0.3) is 0 Å². The van der Waals surface area contributed by atoms with E-state index in [-0.39, 0.29) is 12.0 Å². The van der Waals surface area contributed by atoms with Crippen LogP contribution in [0.15, 0.2) is 12.1 Å². The van der Waals surface area contributed by atoms with Crippen LogP contribution < -0.4 is 20.7 Å². The standard InChI is InChI=1S/C18H25N3O2/c22-17-11-15-14(12-3-7-19-8-4-12)1-2-16(18(15)21-17)23-13-5-9-20-10-6-13/h1-2,12-13,19-20H,3-11H2,(H,21,22). The molecule has 4 rings (SSSR count). The van der Waals surface area contributed by atoms with Crippen molar-refractivity contribution < 1.29 is 9.53 Å². The van der Waals surface area contributed by atoms with Crippen molar-refractivity contribution in [3.8, 4) is 5.75 Å². The number of rotatable bonds is 3. The van der Waals surface area contributed by atoms with Gasteiger partial charge in [0.1, 0.15) is 11.9 Å². The number of hydrogen-bond donors (Lipinski definition) is 3. The summed E-state index contributed by atoms with van der Waals surface area (Å²) in [5, 5.41) is 9.81. The van der Waals surface area contributed by atoms with Crippen molar-refractivity contribution in [2.45, 2.75) is 44.1 Å². The summed E-state index contributed by atoms with van der Waals surface area (Å²) in [5.74, 6) is 1.51. The number of ether oxygens (including phenoxy) is 1. The second kappa shape index (κ2) is 6.49. The Morgan fingerprint density at radius 3 is 2.39 bits per heavy atom. The van der Waals surface area contributed by atoms with Crippen LogP contribution in [0.1, 0.15) is 42.7 Å². The fraction of sp³-hybridized carbons (Fsp3) is 0.611. The van der Waals surface area contributed by atoms with E-state index in [1.54, 1.807) is 0 Å². The second-order valence-electron chi connectivity index (χ2n) is 6.82. The fourth-order valence-electron chi connectivity index (χ4n) is 4.02. The lowest BCUT2D eigenvalue weighted by Gasteiger charge is -2.27. The summed E-state index contributed by atoms with van der Waals surface area (Å²) in [6.45, 7) is 4.14. The quantitative estimate of drug-likeness (QED) is 0.796. The first-order valence-electron chi connectivity index (χ1n) is 8.85. The Bertz CT molecular complexity index is 590. The first-order valence-corrected chi connectivity index (χ1v) is 8.85. The van der Waals surface area contributed by atoms with Gasteiger partial charge in [0.15, 0.2) is 0 Å². The maximum Gasteiger partial charge on any atom is 0.228 e. The highest BCUT2D eigenvalue weighted by Crippen LogP contribution is 2.41. The molecule has 1 aromatic carbocycles. The van der Waals surface area contributed by atoms with E-state index in [1.165, 1.54) is 11.1 Å². The maximum absolute atomic E-state index is 12.0. The maximum atomic E-state index is 12.0. The third kappa shape index (κ3) is 3.08. The van der Waals surface area contributed by atoms with Gasteiger partial charge in [-0.2, -0.15) is 0 Å². The molecule has 0 unspecified atom stereocenters. The predicted molar refractivity (Wildman–Crippen MR) is 90.1 cm³/mol. The van der Waals surface area contributed by atoms with Crippen molar-refractivity contribution in [2.24, 2.45) is 0 Å². The van der Waals surface area contributed by atoms with E-state index in [0.717, 1.165) is 63.3 Å². The Morgan fingerprint density at radius 2 is 1.65 bits per heavy atom. The molecule has 2 fully saturated rings. The van der Waals surface area contributed by atoms with Crippen molar-refractivity contribution in [1.82, 2.24) is 10.6 Å². The molecule has 0 spiro atoms. The van der Waals surface area contributed by atoms with E-state index < -0.39 is 0 Å². The molecule has 3 aliphatic heterocycles. The Balaban J connectivity index is 1.61. The molecule has 0 bridgehead atoms. The second-order valence-corrected chi connectivity index (χ2v) is 6.82. The van der Waals surface area contributed by atoms with Crippen LogP contribution in [0.2, 0.25) is 0 Å². The molecule has 1 aromatic rings. The first kappa shape index (κ1) is 15.0. The molecule has 5 heteroatoms. The normalized spacial score (nSPS) is 22.7. The minimum absolute atomic E-state index is 0.0940. The molecule has 23 heavy (non-hydrogen) atoms. The topological polar surface area (TPSA) is 62.4 Å². The third-order valence-corrected chi connectivity index (χ3v) is 5.27. The van der Waals surface area contributed by atoms with Gasteiger partial charge in [-0.05, 0) is 75.0 Å². The molecule has 3 aliphatic rings. The fourth-order valence-corrected chi connectivity index (χ4v) is 4.02. The monoisotopic (exact) mass is 315 g/mol. The van der Waals surface area contributed by atoms with Gasteiger partial charge in [0, 0.05) is 0 Å². The molecule has 1 amide bonds. The molecule has 0 saturated carbocycles. The molecule has 3 N–H and O–H groups in total. The van der Waals surface area contributed by atoms with E-state index in [0.29, 0.717) is 12.3 Å². The zero-order valence-corrected chi connectivity index (χ0v) is 13.5. The summed E-state index contributed by atoms with van der Waals surface area (Å²) in [7, 11) is 0. The molecule has 0 aromatic heterocycles. The number of carbonyl (C=O) groups is 1. The van der Waals surface area contributed by atoms with Crippen LogP contribution in [-0.2, 0) is 11.2 Å². The summed E-state index contributed by atoms with van der Waals surface area (Å²) in [6, 6.07) is 4.27. The summed E-state index contributed by atoms with van der Waals surface area (Å²) >= 11 is 0. The first-order chi connectivity index (χ1) is 11.3.